The summed E-state index contributed by atoms with van der Waals surface area (Å²) in [6, 6.07) is 0. The maximum absolute atomic E-state index is 12.4. The van der Waals surface area contributed by atoms with Gasteiger partial charge in [-0.25, -0.2) is 0 Å². The summed E-state index contributed by atoms with van der Waals surface area (Å²) in [5.41, 5.74) is 8.31. The van der Waals surface area contributed by atoms with Crippen molar-refractivity contribution in [2.75, 3.05) is 30.8 Å². The Kier molecular flexibility index (Phi) is 3.42. The van der Waals surface area contributed by atoms with Crippen LogP contribution < -0.4 is 11.1 Å². The normalized spacial score (nSPS) is 25.2. The van der Waals surface area contributed by atoms with E-state index in [1.54, 1.807) is 11.3 Å². The van der Waals surface area contributed by atoms with Crippen molar-refractivity contribution in [1.29, 1.82) is 0 Å². The highest BCUT2D eigenvalue weighted by molar-refractivity contribution is 7.18. The van der Waals surface area contributed by atoms with E-state index in [4.69, 9.17) is 10.5 Å². The number of hydrogen-bond acceptors (Lipinski definition) is 5. The van der Waals surface area contributed by atoms with Gasteiger partial charge in [0.25, 0.3) is 0 Å². The fourth-order valence-electron chi connectivity index (χ4n) is 3.06. The molecule has 1 aliphatic heterocycles. The number of carbonyl (C=O) groups is 1. The van der Waals surface area contributed by atoms with Gasteiger partial charge in [-0.2, -0.15) is 0 Å². The van der Waals surface area contributed by atoms with Gasteiger partial charge in [0.2, 0.25) is 0 Å². The number of Topliss-reactive ketones (excluding diaryl/α,β-unsaturated/α-hetero) is 1. The lowest BCUT2D eigenvalue weighted by Crippen LogP contribution is -2.14. The number of carbonyl (C=O) groups excluding carboxylic acids is 1. The summed E-state index contributed by atoms with van der Waals surface area (Å²) in [7, 11) is 0. The van der Waals surface area contributed by atoms with Gasteiger partial charge in [0, 0.05) is 30.6 Å². The van der Waals surface area contributed by atoms with Crippen LogP contribution in [0.1, 0.15) is 53.3 Å². The summed E-state index contributed by atoms with van der Waals surface area (Å²) in [6.07, 6.45) is 5.62. The third-order valence-corrected chi connectivity index (χ3v) is 5.91. The minimum absolute atomic E-state index is 0.245. The maximum Gasteiger partial charge on any atom is 0.178 e. The van der Waals surface area contributed by atoms with Crippen LogP contribution in [0, 0.1) is 11.8 Å². The Balaban J connectivity index is 1.55. The van der Waals surface area contributed by atoms with Crippen LogP contribution in [0.4, 0.5) is 10.7 Å². The summed E-state index contributed by atoms with van der Waals surface area (Å²) < 4.78 is 5.43. The van der Waals surface area contributed by atoms with E-state index < -0.39 is 0 Å². The molecule has 2 saturated carbocycles. The third-order valence-electron chi connectivity index (χ3n) is 4.72. The summed E-state index contributed by atoms with van der Waals surface area (Å²) in [4.78, 5) is 13.2. The number of nitrogens with two attached hydrogens (primary N) is 1. The molecule has 1 aromatic rings. The summed E-state index contributed by atoms with van der Waals surface area (Å²) in [6.45, 7) is 2.65. The first kappa shape index (κ1) is 13.6. The predicted octanol–water partition coefficient (Wildman–Crippen LogP) is 3.25. The number of ketones is 1. The Morgan fingerprint density at radius 1 is 1.29 bits per heavy atom. The predicted molar refractivity (Wildman–Crippen MR) is 85.2 cm³/mol. The molecule has 2 aliphatic carbocycles. The topological polar surface area (TPSA) is 64.4 Å². The van der Waals surface area contributed by atoms with Gasteiger partial charge in [-0.1, -0.05) is 0 Å². The van der Waals surface area contributed by atoms with Crippen molar-refractivity contribution in [3.8, 4) is 0 Å². The third kappa shape index (κ3) is 2.69. The zero-order valence-corrected chi connectivity index (χ0v) is 13.0. The minimum atomic E-state index is 0.245. The van der Waals surface area contributed by atoms with E-state index in [-0.39, 0.29) is 11.7 Å². The van der Waals surface area contributed by atoms with Crippen LogP contribution in [0.25, 0.3) is 0 Å². The SMILES string of the molecule is Nc1c(C(=O)C2CC2)sc(NCC2CCOC2)c1C1CC1. The molecule has 3 aliphatic rings. The molecule has 1 unspecified atom stereocenters. The van der Waals surface area contributed by atoms with Gasteiger partial charge in [0.05, 0.1) is 22.2 Å². The summed E-state index contributed by atoms with van der Waals surface area (Å²) in [5, 5.41) is 4.70. The van der Waals surface area contributed by atoms with Crippen LogP contribution in [-0.2, 0) is 4.74 Å². The Morgan fingerprint density at radius 2 is 2.10 bits per heavy atom. The van der Waals surface area contributed by atoms with E-state index in [0.717, 1.165) is 54.6 Å². The van der Waals surface area contributed by atoms with Gasteiger partial charge in [-0.3, -0.25) is 4.79 Å². The lowest BCUT2D eigenvalue weighted by Gasteiger charge is -2.11. The van der Waals surface area contributed by atoms with Crippen LogP contribution in [0.15, 0.2) is 0 Å². The molecule has 21 heavy (non-hydrogen) atoms. The number of thiophene rings is 1. The maximum atomic E-state index is 12.4. The van der Waals surface area contributed by atoms with E-state index in [2.05, 4.69) is 5.32 Å². The van der Waals surface area contributed by atoms with Crippen molar-refractivity contribution >= 4 is 27.8 Å². The number of rotatable bonds is 6. The lowest BCUT2D eigenvalue weighted by molar-refractivity contribution is 0.0972. The number of ether oxygens (including phenoxy) is 1. The van der Waals surface area contributed by atoms with Gasteiger partial charge >= 0.3 is 0 Å². The molecule has 1 atom stereocenters. The first-order valence-electron chi connectivity index (χ1n) is 8.02. The molecule has 0 aromatic carbocycles. The van der Waals surface area contributed by atoms with Crippen LogP contribution >= 0.6 is 11.3 Å². The fourth-order valence-corrected chi connectivity index (χ4v) is 4.29. The van der Waals surface area contributed by atoms with Crippen molar-refractivity contribution in [1.82, 2.24) is 0 Å². The molecule has 0 bridgehead atoms. The zero-order chi connectivity index (χ0) is 14.4. The minimum Gasteiger partial charge on any atom is -0.397 e. The molecule has 0 amide bonds. The molecule has 1 saturated heterocycles. The number of anilines is 2. The number of hydrogen-bond donors (Lipinski definition) is 2. The van der Waals surface area contributed by atoms with Crippen LogP contribution in [0.3, 0.4) is 0 Å². The Morgan fingerprint density at radius 3 is 2.71 bits per heavy atom. The largest absolute Gasteiger partial charge is 0.397 e. The van der Waals surface area contributed by atoms with E-state index >= 15 is 0 Å². The number of nitrogens with one attached hydrogen (secondary N) is 1. The molecular weight excluding hydrogens is 284 g/mol. The molecule has 4 rings (SSSR count). The standard InChI is InChI=1S/C16H22N2O2S/c17-13-12(10-1-2-10)16(18-7-9-5-6-20-8-9)21-15(13)14(19)11-3-4-11/h9-11,18H,1-8,17H2. The lowest BCUT2D eigenvalue weighted by atomic mass is 10.1. The highest BCUT2D eigenvalue weighted by Crippen LogP contribution is 2.52. The molecule has 114 valence electrons. The molecule has 3 N–H and O–H groups in total. The first-order valence-corrected chi connectivity index (χ1v) is 8.83. The smallest absolute Gasteiger partial charge is 0.178 e. The second-order valence-corrected chi connectivity index (χ2v) is 7.63. The highest BCUT2D eigenvalue weighted by atomic mass is 32.1. The summed E-state index contributed by atoms with van der Waals surface area (Å²) >= 11 is 1.59. The monoisotopic (exact) mass is 306 g/mol. The van der Waals surface area contributed by atoms with Gasteiger partial charge in [0.1, 0.15) is 0 Å². The molecule has 3 fully saturated rings. The van der Waals surface area contributed by atoms with Gasteiger partial charge in [0.15, 0.2) is 5.78 Å². The average molecular weight is 306 g/mol. The van der Waals surface area contributed by atoms with E-state index in [1.807, 2.05) is 0 Å². The Labute approximate surface area is 129 Å². The van der Waals surface area contributed by atoms with E-state index in [0.29, 0.717) is 11.8 Å². The zero-order valence-electron chi connectivity index (χ0n) is 12.2. The van der Waals surface area contributed by atoms with Crippen molar-refractivity contribution in [2.24, 2.45) is 11.8 Å². The van der Waals surface area contributed by atoms with Gasteiger partial charge < -0.3 is 15.8 Å². The quantitative estimate of drug-likeness (QED) is 0.792. The first-order chi connectivity index (χ1) is 10.2. The van der Waals surface area contributed by atoms with Gasteiger partial charge in [-0.15, -0.1) is 11.3 Å². The molecule has 0 spiro atoms. The Bertz CT molecular complexity index is 555. The molecule has 5 heteroatoms. The molecule has 2 heterocycles. The van der Waals surface area contributed by atoms with Crippen molar-refractivity contribution in [3.63, 3.8) is 0 Å². The summed E-state index contributed by atoms with van der Waals surface area (Å²) in [5.74, 6) is 1.68. The van der Waals surface area contributed by atoms with Crippen molar-refractivity contribution in [2.45, 2.75) is 38.0 Å². The van der Waals surface area contributed by atoms with E-state index in [1.165, 1.54) is 18.4 Å². The average Bonchev–Trinajstić information content (AvgIpc) is 3.40. The molecular formula is C16H22N2O2S. The highest BCUT2D eigenvalue weighted by Gasteiger charge is 2.37. The van der Waals surface area contributed by atoms with Crippen LogP contribution in [0.2, 0.25) is 0 Å². The second kappa shape index (κ2) is 5.29. The van der Waals surface area contributed by atoms with Crippen molar-refractivity contribution in [3.05, 3.63) is 10.4 Å². The van der Waals surface area contributed by atoms with Crippen LogP contribution in [0.5, 0.6) is 0 Å². The second-order valence-electron chi connectivity index (χ2n) is 6.61. The molecule has 1 aromatic heterocycles. The fraction of sp³-hybridized carbons (Fsp3) is 0.688. The van der Waals surface area contributed by atoms with Gasteiger partial charge in [-0.05, 0) is 38.0 Å². The Hall–Kier alpha value is -1.07. The van der Waals surface area contributed by atoms with Crippen LogP contribution in [-0.4, -0.2) is 25.5 Å². The number of nitrogen functional groups attached to an aromatic ring is 1. The molecule has 4 nitrogen and oxygen atoms in total. The van der Waals surface area contributed by atoms with E-state index in [9.17, 15) is 4.79 Å². The van der Waals surface area contributed by atoms with Crippen molar-refractivity contribution < 1.29 is 9.53 Å². The molecule has 0 radical (unpaired) electrons.